The van der Waals surface area contributed by atoms with E-state index in [0.717, 1.165) is 12.8 Å². The van der Waals surface area contributed by atoms with Crippen LogP contribution in [0.3, 0.4) is 0 Å². The van der Waals surface area contributed by atoms with E-state index < -0.39 is 0 Å². The van der Waals surface area contributed by atoms with Crippen molar-refractivity contribution in [1.29, 1.82) is 0 Å². The molecule has 0 fully saturated rings. The Labute approximate surface area is 55.2 Å². The van der Waals surface area contributed by atoms with Crippen LogP contribution in [-0.2, 0) is 4.79 Å². The van der Waals surface area contributed by atoms with Crippen LogP contribution >= 0.6 is 12.6 Å². The lowest BCUT2D eigenvalue weighted by molar-refractivity contribution is -0.107. The van der Waals surface area contributed by atoms with E-state index >= 15 is 0 Å². The van der Waals surface area contributed by atoms with Gasteiger partial charge in [-0.3, -0.25) is 4.79 Å². The lowest BCUT2D eigenvalue weighted by atomic mass is 10.2. The highest BCUT2D eigenvalue weighted by molar-refractivity contribution is 7.97. The maximum Gasteiger partial charge on any atom is 0.244 e. The van der Waals surface area contributed by atoms with Gasteiger partial charge in [-0.2, -0.15) is 0 Å². The minimum Gasteiger partial charge on any atom is -0.277 e. The third-order valence-electron chi connectivity index (χ3n) is 0.840. The van der Waals surface area contributed by atoms with Crippen LogP contribution in [0.4, 0.5) is 0 Å². The Morgan fingerprint density at radius 2 is 2.25 bits per heavy atom. The number of carbonyl (C=O) groups is 1. The van der Waals surface area contributed by atoms with Gasteiger partial charge >= 0.3 is 0 Å². The standard InChI is InChI=1S/C6H9OS/c1-3-4-5(2)6(7)8/h2-4H2,1H3. The van der Waals surface area contributed by atoms with Crippen molar-refractivity contribution in [3.05, 3.63) is 12.2 Å². The molecule has 0 aliphatic rings. The quantitative estimate of drug-likeness (QED) is 0.533. The first-order chi connectivity index (χ1) is 3.68. The molecular weight excluding hydrogens is 120 g/mol. The van der Waals surface area contributed by atoms with Crippen LogP contribution in [0.2, 0.25) is 0 Å². The molecule has 0 saturated heterocycles. The predicted octanol–water partition coefficient (Wildman–Crippen LogP) is 2.07. The molecule has 0 aromatic rings. The first-order valence-electron chi connectivity index (χ1n) is 2.57. The number of hydrogen-bond acceptors (Lipinski definition) is 1. The molecule has 0 amide bonds. The van der Waals surface area contributed by atoms with Crippen molar-refractivity contribution in [3.63, 3.8) is 0 Å². The molecule has 0 aliphatic carbocycles. The van der Waals surface area contributed by atoms with E-state index in [-0.39, 0.29) is 5.12 Å². The summed E-state index contributed by atoms with van der Waals surface area (Å²) < 4.78 is 0. The molecule has 1 radical (unpaired) electrons. The molecular formula is C6H9OS. The molecule has 0 N–H and O–H groups in total. The Morgan fingerprint density at radius 3 is 2.38 bits per heavy atom. The van der Waals surface area contributed by atoms with Gasteiger partial charge in [0.15, 0.2) is 0 Å². The van der Waals surface area contributed by atoms with Gasteiger partial charge in [0.2, 0.25) is 5.12 Å². The maximum absolute atomic E-state index is 10.2. The fraction of sp³-hybridized carbons (Fsp3) is 0.500. The van der Waals surface area contributed by atoms with Gasteiger partial charge in [-0.1, -0.05) is 19.9 Å². The molecule has 0 spiro atoms. The summed E-state index contributed by atoms with van der Waals surface area (Å²) in [6, 6.07) is 0. The van der Waals surface area contributed by atoms with Crippen LogP contribution < -0.4 is 0 Å². The molecule has 0 atom stereocenters. The molecule has 0 saturated carbocycles. The van der Waals surface area contributed by atoms with Crippen molar-refractivity contribution in [1.82, 2.24) is 0 Å². The smallest absolute Gasteiger partial charge is 0.244 e. The Bertz CT molecular complexity index is 107. The second-order valence-corrected chi connectivity index (χ2v) is 2.01. The van der Waals surface area contributed by atoms with Gasteiger partial charge < -0.3 is 0 Å². The van der Waals surface area contributed by atoms with Crippen LogP contribution in [0.1, 0.15) is 19.8 Å². The van der Waals surface area contributed by atoms with E-state index in [1.54, 1.807) is 0 Å². The zero-order valence-electron chi connectivity index (χ0n) is 4.94. The van der Waals surface area contributed by atoms with Gasteiger partial charge in [-0.25, -0.2) is 0 Å². The minimum absolute atomic E-state index is 0.299. The van der Waals surface area contributed by atoms with Crippen LogP contribution in [0.25, 0.3) is 0 Å². The largest absolute Gasteiger partial charge is 0.277 e. The average Bonchev–Trinajstić information content (AvgIpc) is 1.67. The second kappa shape index (κ2) is 3.61. The van der Waals surface area contributed by atoms with Crippen molar-refractivity contribution in [2.24, 2.45) is 0 Å². The van der Waals surface area contributed by atoms with Crippen LogP contribution in [-0.4, -0.2) is 5.12 Å². The summed E-state index contributed by atoms with van der Waals surface area (Å²) in [4.78, 5) is 10.2. The van der Waals surface area contributed by atoms with Crippen LogP contribution in [0.5, 0.6) is 0 Å². The van der Waals surface area contributed by atoms with Crippen LogP contribution in [0, 0.1) is 0 Å². The summed E-state index contributed by atoms with van der Waals surface area (Å²) >= 11 is 4.33. The Morgan fingerprint density at radius 1 is 1.75 bits per heavy atom. The molecule has 0 bridgehead atoms. The molecule has 0 heterocycles. The lowest BCUT2D eigenvalue weighted by Gasteiger charge is -1.91. The van der Waals surface area contributed by atoms with Crippen molar-refractivity contribution >= 4 is 17.7 Å². The summed E-state index contributed by atoms with van der Waals surface area (Å²) in [6.45, 7) is 5.48. The summed E-state index contributed by atoms with van der Waals surface area (Å²) in [5.74, 6) is 0. The molecule has 0 unspecified atom stereocenters. The summed E-state index contributed by atoms with van der Waals surface area (Å²) in [5, 5.41) is -0.299. The van der Waals surface area contributed by atoms with Gasteiger partial charge in [-0.05, 0) is 19.0 Å². The van der Waals surface area contributed by atoms with E-state index in [0.29, 0.717) is 5.57 Å². The third kappa shape index (κ3) is 2.75. The van der Waals surface area contributed by atoms with E-state index in [4.69, 9.17) is 0 Å². The SMILES string of the molecule is C=C(CCC)C(=O)[S]. The third-order valence-corrected chi connectivity index (χ3v) is 1.13. The normalized spacial score (nSPS) is 8.62. The zero-order valence-corrected chi connectivity index (χ0v) is 5.75. The molecule has 0 aromatic carbocycles. The summed E-state index contributed by atoms with van der Waals surface area (Å²) in [7, 11) is 0. The molecule has 45 valence electrons. The molecule has 2 heteroatoms. The lowest BCUT2D eigenvalue weighted by Crippen LogP contribution is -1.89. The molecule has 0 aromatic heterocycles. The molecule has 8 heavy (non-hydrogen) atoms. The van der Waals surface area contributed by atoms with Crippen molar-refractivity contribution in [2.45, 2.75) is 19.8 Å². The Hall–Kier alpha value is -0.370. The maximum atomic E-state index is 10.2. The molecule has 1 nitrogen and oxygen atoms in total. The van der Waals surface area contributed by atoms with Crippen molar-refractivity contribution in [3.8, 4) is 0 Å². The van der Waals surface area contributed by atoms with Gasteiger partial charge in [0.05, 0.1) is 0 Å². The van der Waals surface area contributed by atoms with Crippen molar-refractivity contribution in [2.75, 3.05) is 0 Å². The fourth-order valence-corrected chi connectivity index (χ4v) is 0.506. The first-order valence-corrected chi connectivity index (χ1v) is 2.98. The van der Waals surface area contributed by atoms with E-state index in [1.807, 2.05) is 6.92 Å². The Kier molecular flexibility index (Phi) is 3.44. The molecule has 0 rings (SSSR count). The number of hydrogen-bond donors (Lipinski definition) is 0. The van der Waals surface area contributed by atoms with Gasteiger partial charge in [-0.15, -0.1) is 0 Å². The van der Waals surface area contributed by atoms with Crippen molar-refractivity contribution < 1.29 is 4.79 Å². The van der Waals surface area contributed by atoms with Gasteiger partial charge in [0, 0.05) is 5.57 Å². The monoisotopic (exact) mass is 129 g/mol. The van der Waals surface area contributed by atoms with E-state index in [2.05, 4.69) is 19.2 Å². The number of rotatable bonds is 3. The zero-order chi connectivity index (χ0) is 6.57. The molecule has 0 aliphatic heterocycles. The summed E-state index contributed by atoms with van der Waals surface area (Å²) in [6.07, 6.45) is 1.68. The minimum atomic E-state index is -0.299. The van der Waals surface area contributed by atoms with Crippen LogP contribution in [0.15, 0.2) is 12.2 Å². The average molecular weight is 129 g/mol. The van der Waals surface area contributed by atoms with Gasteiger partial charge in [0.1, 0.15) is 0 Å². The number of carbonyl (C=O) groups excluding carboxylic acids is 1. The van der Waals surface area contributed by atoms with Gasteiger partial charge in [0.25, 0.3) is 0 Å². The first kappa shape index (κ1) is 7.63. The highest BCUT2D eigenvalue weighted by atomic mass is 32.1. The van der Waals surface area contributed by atoms with E-state index in [9.17, 15) is 4.79 Å². The predicted molar refractivity (Wildman–Crippen MR) is 36.6 cm³/mol. The Balaban J connectivity index is 3.49. The fourth-order valence-electron chi connectivity index (χ4n) is 0.404. The summed E-state index contributed by atoms with van der Waals surface area (Å²) in [5.41, 5.74) is 0.558. The highest BCUT2D eigenvalue weighted by Gasteiger charge is 1.98. The highest BCUT2D eigenvalue weighted by Crippen LogP contribution is 2.03. The van der Waals surface area contributed by atoms with E-state index in [1.165, 1.54) is 0 Å². The topological polar surface area (TPSA) is 17.1 Å². The second-order valence-electron chi connectivity index (χ2n) is 1.64.